The minimum absolute atomic E-state index is 0.257. The molecule has 0 N–H and O–H groups in total. The van der Waals surface area contributed by atoms with Gasteiger partial charge in [-0.2, -0.15) is 0 Å². The summed E-state index contributed by atoms with van der Waals surface area (Å²) >= 11 is 0. The van der Waals surface area contributed by atoms with E-state index in [2.05, 4.69) is 55.2 Å². The summed E-state index contributed by atoms with van der Waals surface area (Å²) in [5, 5.41) is 0. The number of rotatable bonds is 14. The van der Waals surface area contributed by atoms with Crippen molar-refractivity contribution >= 4 is 14.0 Å². The summed E-state index contributed by atoms with van der Waals surface area (Å²) < 4.78 is 18.0. The lowest BCUT2D eigenvalue weighted by atomic mass is 9.32. The highest BCUT2D eigenvalue weighted by molar-refractivity contribution is 7.08. The van der Waals surface area contributed by atoms with Gasteiger partial charge in [-0.1, -0.05) is 46.3 Å². The Kier molecular flexibility index (Phi) is 11.5. The molecule has 0 bridgehead atoms. The van der Waals surface area contributed by atoms with Gasteiger partial charge in [-0.05, 0) is 41.0 Å². The molecule has 0 rings (SSSR count). The summed E-state index contributed by atoms with van der Waals surface area (Å²) in [6, 6.07) is 0. The Balaban J connectivity index is 3.98. The second-order valence-electron chi connectivity index (χ2n) is 8.48. The molecule has 23 heavy (non-hydrogen) atoms. The van der Waals surface area contributed by atoms with Crippen molar-refractivity contribution in [3.05, 3.63) is 0 Å². The maximum Gasteiger partial charge on any atom is 0.239 e. The average molecular weight is 326 g/mol. The molecule has 1 unspecified atom stereocenters. The van der Waals surface area contributed by atoms with Gasteiger partial charge in [0.05, 0.1) is 30.5 Å². The Bertz CT molecular complexity index is 294. The standard InChI is InChI=1S/C18H40B2O3/c1-9-10-11-12-13-16(2)21-14-17(3,4)22-15-18(5,6)23-19-20(7)8/h16,19H,9-15H2,1-8H3. The number of ether oxygens (including phenoxy) is 2. The average Bonchev–Trinajstić information content (AvgIpc) is 2.46. The van der Waals surface area contributed by atoms with E-state index >= 15 is 0 Å². The van der Waals surface area contributed by atoms with Gasteiger partial charge < -0.3 is 14.1 Å². The fourth-order valence-corrected chi connectivity index (χ4v) is 2.13. The molecule has 0 fully saturated rings. The Hall–Kier alpha value is 0.00987. The van der Waals surface area contributed by atoms with Gasteiger partial charge in [-0.3, -0.25) is 0 Å². The molecule has 0 aromatic rings. The van der Waals surface area contributed by atoms with E-state index < -0.39 is 0 Å². The molecule has 5 heteroatoms. The Labute approximate surface area is 146 Å². The van der Waals surface area contributed by atoms with E-state index in [-0.39, 0.29) is 11.2 Å². The first-order chi connectivity index (χ1) is 10.6. The summed E-state index contributed by atoms with van der Waals surface area (Å²) in [6.07, 6.45) is 6.62. The fourth-order valence-electron chi connectivity index (χ4n) is 2.13. The van der Waals surface area contributed by atoms with Crippen LogP contribution in [0.15, 0.2) is 0 Å². The molecule has 0 aliphatic heterocycles. The third kappa shape index (κ3) is 14.1. The molecule has 0 aliphatic rings. The topological polar surface area (TPSA) is 27.7 Å². The minimum Gasteiger partial charge on any atom is -0.442 e. The van der Waals surface area contributed by atoms with Crippen molar-refractivity contribution in [2.24, 2.45) is 0 Å². The zero-order valence-electron chi connectivity index (χ0n) is 17.0. The van der Waals surface area contributed by atoms with Gasteiger partial charge in [0.15, 0.2) is 0 Å². The quantitative estimate of drug-likeness (QED) is 0.346. The SMILES string of the molecule is CCCCCCC(C)OCC(C)(C)OCC(C)(C)OBB(C)C. The van der Waals surface area contributed by atoms with Gasteiger partial charge in [-0.25, -0.2) is 0 Å². The maximum atomic E-state index is 6.07. The second kappa shape index (κ2) is 11.5. The molecule has 1 atom stereocenters. The first kappa shape index (κ1) is 23.0. The van der Waals surface area contributed by atoms with Crippen LogP contribution in [0.1, 0.15) is 73.6 Å². The monoisotopic (exact) mass is 326 g/mol. The van der Waals surface area contributed by atoms with E-state index in [0.717, 1.165) is 13.8 Å². The smallest absolute Gasteiger partial charge is 0.239 e. The third-order valence-corrected chi connectivity index (χ3v) is 3.80. The van der Waals surface area contributed by atoms with Crippen LogP contribution >= 0.6 is 0 Å². The first-order valence-electron chi connectivity index (χ1n) is 9.47. The van der Waals surface area contributed by atoms with Crippen LogP contribution in [0.2, 0.25) is 13.6 Å². The Morgan fingerprint density at radius 1 is 0.957 bits per heavy atom. The molecule has 0 aromatic heterocycles. The van der Waals surface area contributed by atoms with Crippen LogP contribution in [0.5, 0.6) is 0 Å². The van der Waals surface area contributed by atoms with Crippen LogP contribution in [0.4, 0.5) is 0 Å². The van der Waals surface area contributed by atoms with Crippen LogP contribution in [-0.4, -0.2) is 44.5 Å². The summed E-state index contributed by atoms with van der Waals surface area (Å²) in [5.74, 6) is 0. The third-order valence-electron chi connectivity index (χ3n) is 3.80. The fraction of sp³-hybridized carbons (Fsp3) is 1.00. The van der Waals surface area contributed by atoms with Gasteiger partial charge in [0.1, 0.15) is 6.60 Å². The summed E-state index contributed by atoms with van der Waals surface area (Å²) in [6.45, 7) is 18.8. The molecule has 3 nitrogen and oxygen atoms in total. The van der Waals surface area contributed by atoms with E-state index in [4.69, 9.17) is 14.1 Å². The molecule has 136 valence electrons. The predicted octanol–water partition coefficient (Wildman–Crippen LogP) is 4.55. The summed E-state index contributed by atoms with van der Waals surface area (Å²) in [5.41, 5.74) is -0.538. The summed E-state index contributed by atoms with van der Waals surface area (Å²) in [4.78, 5) is 0. The van der Waals surface area contributed by atoms with E-state index in [1.807, 2.05) is 0 Å². The molecular weight excluding hydrogens is 286 g/mol. The molecule has 0 saturated heterocycles. The van der Waals surface area contributed by atoms with Crippen molar-refractivity contribution in [3.63, 3.8) is 0 Å². The molecule has 0 amide bonds. The largest absolute Gasteiger partial charge is 0.442 e. The minimum atomic E-state index is -0.282. The molecule has 0 aliphatic carbocycles. The van der Waals surface area contributed by atoms with Gasteiger partial charge in [0.25, 0.3) is 0 Å². The van der Waals surface area contributed by atoms with E-state index in [1.54, 1.807) is 0 Å². The maximum absolute atomic E-state index is 6.07. The van der Waals surface area contributed by atoms with Gasteiger partial charge in [-0.15, -0.1) is 0 Å². The van der Waals surface area contributed by atoms with E-state index in [0.29, 0.717) is 25.9 Å². The van der Waals surface area contributed by atoms with Gasteiger partial charge in [0.2, 0.25) is 7.37 Å². The lowest BCUT2D eigenvalue weighted by molar-refractivity contribution is -0.123. The van der Waals surface area contributed by atoms with E-state index in [1.165, 1.54) is 25.7 Å². The van der Waals surface area contributed by atoms with Crippen LogP contribution < -0.4 is 0 Å². The Morgan fingerprint density at radius 3 is 2.17 bits per heavy atom. The van der Waals surface area contributed by atoms with Crippen molar-refractivity contribution in [3.8, 4) is 0 Å². The first-order valence-corrected chi connectivity index (χ1v) is 9.47. The van der Waals surface area contributed by atoms with Crippen molar-refractivity contribution in [2.75, 3.05) is 13.2 Å². The molecular formula is C18H40B2O3. The highest BCUT2D eigenvalue weighted by atomic mass is 16.6. The predicted molar refractivity (Wildman–Crippen MR) is 104 cm³/mol. The van der Waals surface area contributed by atoms with Crippen molar-refractivity contribution in [1.29, 1.82) is 0 Å². The molecule has 0 heterocycles. The van der Waals surface area contributed by atoms with Crippen LogP contribution in [0.3, 0.4) is 0 Å². The molecule has 0 saturated carbocycles. The summed E-state index contributed by atoms with van der Waals surface area (Å²) in [7, 11) is 0.766. The zero-order chi connectivity index (χ0) is 17.9. The van der Waals surface area contributed by atoms with Crippen LogP contribution in [0.25, 0.3) is 0 Å². The Morgan fingerprint density at radius 2 is 1.61 bits per heavy atom. The van der Waals surface area contributed by atoms with Gasteiger partial charge >= 0.3 is 0 Å². The molecule has 0 aromatic carbocycles. The zero-order valence-corrected chi connectivity index (χ0v) is 17.0. The normalized spacial score (nSPS) is 13.9. The van der Waals surface area contributed by atoms with Crippen LogP contribution in [0, 0.1) is 0 Å². The van der Waals surface area contributed by atoms with Crippen molar-refractivity contribution in [1.82, 2.24) is 0 Å². The van der Waals surface area contributed by atoms with Gasteiger partial charge in [0, 0.05) is 0 Å². The van der Waals surface area contributed by atoms with Crippen molar-refractivity contribution < 1.29 is 14.1 Å². The van der Waals surface area contributed by atoms with E-state index in [9.17, 15) is 0 Å². The lowest BCUT2D eigenvalue weighted by Gasteiger charge is -2.33. The highest BCUT2D eigenvalue weighted by Crippen LogP contribution is 2.18. The van der Waals surface area contributed by atoms with Crippen molar-refractivity contribution in [2.45, 2.75) is 105 Å². The number of hydrogen-bond donors (Lipinski definition) is 0. The van der Waals surface area contributed by atoms with Crippen LogP contribution in [-0.2, 0) is 14.1 Å². The molecule has 0 spiro atoms. The number of hydrogen-bond acceptors (Lipinski definition) is 3. The molecule has 0 radical (unpaired) electrons. The highest BCUT2D eigenvalue weighted by Gasteiger charge is 2.26. The number of unbranched alkanes of at least 4 members (excludes halogenated alkanes) is 3. The lowest BCUT2D eigenvalue weighted by Crippen LogP contribution is -2.41. The second-order valence-corrected chi connectivity index (χ2v) is 8.48.